The molecule has 4 rings (SSSR count). The third-order valence-electron chi connectivity index (χ3n) is 4.75. The fourth-order valence-electron chi connectivity index (χ4n) is 3.36. The number of amides is 1. The summed E-state index contributed by atoms with van der Waals surface area (Å²) in [5, 5.41) is 23.8. The zero-order valence-corrected chi connectivity index (χ0v) is 14.2. The van der Waals surface area contributed by atoms with Gasteiger partial charge in [-0.25, -0.2) is 15.0 Å². The Morgan fingerprint density at radius 2 is 2.15 bits per heavy atom. The third kappa shape index (κ3) is 2.71. The zero-order chi connectivity index (χ0) is 18.3. The average Bonchev–Trinajstić information content (AvgIpc) is 3.20. The van der Waals surface area contributed by atoms with E-state index in [1.165, 1.54) is 18.7 Å². The third-order valence-corrected chi connectivity index (χ3v) is 4.75. The largest absolute Gasteiger partial charge is 0.387 e. The molecule has 2 aliphatic heterocycles. The van der Waals surface area contributed by atoms with Crippen molar-refractivity contribution in [1.82, 2.24) is 24.4 Å². The van der Waals surface area contributed by atoms with Crippen LogP contribution in [0.3, 0.4) is 0 Å². The summed E-state index contributed by atoms with van der Waals surface area (Å²) in [6.45, 7) is 0.775. The van der Waals surface area contributed by atoms with Gasteiger partial charge in [-0.2, -0.15) is 0 Å². The van der Waals surface area contributed by atoms with Crippen molar-refractivity contribution >= 4 is 22.9 Å². The molecule has 0 saturated carbocycles. The number of nitrogens with zero attached hydrogens (tertiary/aromatic N) is 5. The smallest absolute Gasteiger partial charge is 0.246 e. The zero-order valence-electron chi connectivity index (χ0n) is 14.2. The van der Waals surface area contributed by atoms with Crippen LogP contribution in [0.25, 0.3) is 11.2 Å². The van der Waals surface area contributed by atoms with E-state index >= 15 is 0 Å². The van der Waals surface area contributed by atoms with Gasteiger partial charge in [0.25, 0.3) is 0 Å². The number of aliphatic hydroxyl groups is 2. The molecule has 4 unspecified atom stereocenters. The molecule has 0 aliphatic carbocycles. The van der Waals surface area contributed by atoms with Gasteiger partial charge in [-0.3, -0.25) is 9.36 Å². The molecule has 4 atom stereocenters. The predicted molar refractivity (Wildman–Crippen MR) is 91.1 cm³/mol. The monoisotopic (exact) mass is 360 g/mol. The molecule has 4 heterocycles. The molecule has 0 spiro atoms. The highest BCUT2D eigenvalue weighted by molar-refractivity contribution is 5.88. The molecule has 1 saturated heterocycles. The van der Waals surface area contributed by atoms with Crippen molar-refractivity contribution in [3.05, 3.63) is 24.8 Å². The quantitative estimate of drug-likeness (QED) is 0.652. The fraction of sp³-hybridized carbons (Fsp3) is 0.500. The number of ether oxygens (including phenoxy) is 1. The Morgan fingerprint density at radius 3 is 2.92 bits per heavy atom. The molecular formula is C16H20N6O4. The molecule has 3 N–H and O–H groups in total. The highest BCUT2D eigenvalue weighted by atomic mass is 16.6. The summed E-state index contributed by atoms with van der Waals surface area (Å²) in [7, 11) is 1.73. The Kier molecular flexibility index (Phi) is 4.31. The second kappa shape index (κ2) is 6.63. The summed E-state index contributed by atoms with van der Waals surface area (Å²) >= 11 is 0. The van der Waals surface area contributed by atoms with Gasteiger partial charge in [0.05, 0.1) is 6.33 Å². The number of nitrogens with one attached hydrogen (secondary N) is 1. The fourth-order valence-corrected chi connectivity index (χ4v) is 3.36. The number of carbonyl (C=O) groups is 1. The lowest BCUT2D eigenvalue weighted by Gasteiger charge is -2.27. The first-order valence-electron chi connectivity index (χ1n) is 8.42. The Bertz CT molecular complexity index is 852. The lowest BCUT2D eigenvalue weighted by atomic mass is 10.1. The number of anilines is 1. The summed E-state index contributed by atoms with van der Waals surface area (Å²) in [4.78, 5) is 26.1. The molecule has 1 amide bonds. The number of hydrogen-bond donors (Lipinski definition) is 3. The van der Waals surface area contributed by atoms with Crippen molar-refractivity contribution in [2.24, 2.45) is 0 Å². The van der Waals surface area contributed by atoms with Gasteiger partial charge in [0.1, 0.15) is 30.2 Å². The number of imidazole rings is 1. The standard InChI is InChI=1S/C16H20N6O4/c1-17-14-11-15(19-7-18-14)22(8-20-11)16-13(25)12(24)9(26-16)6-21-5-3-2-4-10(21)23/h2,4,7-9,12-13,16,24-25H,3,5-6H2,1H3,(H,17,18,19). The summed E-state index contributed by atoms with van der Waals surface area (Å²) < 4.78 is 7.46. The number of aromatic nitrogens is 4. The van der Waals surface area contributed by atoms with Gasteiger partial charge in [0.15, 0.2) is 17.7 Å². The Morgan fingerprint density at radius 1 is 1.31 bits per heavy atom. The summed E-state index contributed by atoms with van der Waals surface area (Å²) in [6.07, 6.45) is 3.14. The van der Waals surface area contributed by atoms with Crippen molar-refractivity contribution in [3.8, 4) is 0 Å². The Hall–Kier alpha value is -2.56. The van der Waals surface area contributed by atoms with Crippen molar-refractivity contribution in [3.63, 3.8) is 0 Å². The predicted octanol–water partition coefficient (Wildman–Crippen LogP) is -0.724. The van der Waals surface area contributed by atoms with E-state index in [-0.39, 0.29) is 12.5 Å². The number of hydrogen-bond acceptors (Lipinski definition) is 8. The van der Waals surface area contributed by atoms with Crippen molar-refractivity contribution in [2.45, 2.75) is 31.0 Å². The minimum absolute atomic E-state index is 0.121. The maximum absolute atomic E-state index is 11.9. The SMILES string of the molecule is CNc1ncnc2c1ncn2C1OC(CN2CCC=CC2=O)C(O)C1O. The summed E-state index contributed by atoms with van der Waals surface area (Å²) in [5.74, 6) is 0.438. The second-order valence-electron chi connectivity index (χ2n) is 6.32. The van der Waals surface area contributed by atoms with E-state index in [1.807, 2.05) is 6.08 Å². The van der Waals surface area contributed by atoms with Crippen LogP contribution in [0.1, 0.15) is 12.6 Å². The van der Waals surface area contributed by atoms with Crippen LogP contribution in [0, 0.1) is 0 Å². The molecule has 0 radical (unpaired) electrons. The molecular weight excluding hydrogens is 340 g/mol. The summed E-state index contributed by atoms with van der Waals surface area (Å²) in [5.41, 5.74) is 1.03. The van der Waals surface area contributed by atoms with Crippen molar-refractivity contribution in [2.75, 3.05) is 25.5 Å². The first-order chi connectivity index (χ1) is 12.6. The van der Waals surface area contributed by atoms with Gasteiger partial charge >= 0.3 is 0 Å². The van der Waals surface area contributed by atoms with Gasteiger partial charge < -0.3 is 25.2 Å². The lowest BCUT2D eigenvalue weighted by molar-refractivity contribution is -0.129. The van der Waals surface area contributed by atoms with Crippen LogP contribution in [0.15, 0.2) is 24.8 Å². The van der Waals surface area contributed by atoms with Gasteiger partial charge in [-0.15, -0.1) is 0 Å². The minimum Gasteiger partial charge on any atom is -0.387 e. The van der Waals surface area contributed by atoms with Gasteiger partial charge in [0.2, 0.25) is 5.91 Å². The number of fused-ring (bicyclic) bond motifs is 1. The van der Waals surface area contributed by atoms with Crippen LogP contribution < -0.4 is 5.32 Å². The van der Waals surface area contributed by atoms with Crippen molar-refractivity contribution < 1.29 is 19.7 Å². The van der Waals surface area contributed by atoms with E-state index in [4.69, 9.17) is 4.74 Å². The highest BCUT2D eigenvalue weighted by Crippen LogP contribution is 2.32. The van der Waals surface area contributed by atoms with Crippen LogP contribution in [-0.2, 0) is 9.53 Å². The molecule has 0 bridgehead atoms. The number of aliphatic hydroxyl groups excluding tert-OH is 2. The molecule has 10 heteroatoms. The van der Waals surface area contributed by atoms with E-state index in [1.54, 1.807) is 16.5 Å². The normalized spacial score (nSPS) is 28.9. The Labute approximate surface area is 149 Å². The second-order valence-corrected chi connectivity index (χ2v) is 6.32. The highest BCUT2D eigenvalue weighted by Gasteiger charge is 2.45. The molecule has 2 aromatic heterocycles. The molecule has 2 aromatic rings. The molecule has 138 valence electrons. The molecule has 0 aromatic carbocycles. The van der Waals surface area contributed by atoms with Crippen LogP contribution in [-0.4, -0.2) is 79.0 Å². The van der Waals surface area contributed by atoms with Crippen LogP contribution in [0.4, 0.5) is 5.82 Å². The molecule has 2 aliphatic rings. The van der Waals surface area contributed by atoms with E-state index < -0.39 is 24.5 Å². The average molecular weight is 360 g/mol. The van der Waals surface area contributed by atoms with Gasteiger partial charge in [0, 0.05) is 20.1 Å². The molecule has 10 nitrogen and oxygen atoms in total. The van der Waals surface area contributed by atoms with Gasteiger partial charge in [-0.1, -0.05) is 6.08 Å². The van der Waals surface area contributed by atoms with Crippen LogP contribution in [0.2, 0.25) is 0 Å². The molecule has 1 fully saturated rings. The first-order valence-corrected chi connectivity index (χ1v) is 8.42. The Balaban J connectivity index is 1.58. The van der Waals surface area contributed by atoms with E-state index in [0.717, 1.165) is 6.42 Å². The molecule has 26 heavy (non-hydrogen) atoms. The minimum atomic E-state index is -1.17. The number of rotatable bonds is 4. The van der Waals surface area contributed by atoms with Gasteiger partial charge in [-0.05, 0) is 12.5 Å². The maximum Gasteiger partial charge on any atom is 0.246 e. The van der Waals surface area contributed by atoms with Crippen LogP contribution in [0.5, 0.6) is 0 Å². The van der Waals surface area contributed by atoms with E-state index in [2.05, 4.69) is 20.3 Å². The maximum atomic E-state index is 11.9. The van der Waals surface area contributed by atoms with E-state index in [9.17, 15) is 15.0 Å². The summed E-state index contributed by atoms with van der Waals surface area (Å²) in [6, 6.07) is 0. The van der Waals surface area contributed by atoms with Crippen LogP contribution >= 0.6 is 0 Å². The van der Waals surface area contributed by atoms with E-state index in [0.29, 0.717) is 23.5 Å². The lowest BCUT2D eigenvalue weighted by Crippen LogP contribution is -2.43. The van der Waals surface area contributed by atoms with Crippen molar-refractivity contribution in [1.29, 1.82) is 0 Å². The number of carbonyl (C=O) groups excluding carboxylic acids is 1. The topological polar surface area (TPSA) is 126 Å². The first kappa shape index (κ1) is 16.9.